The Morgan fingerprint density at radius 2 is 1.96 bits per heavy atom. The number of piperidine rings is 1. The van der Waals surface area contributed by atoms with E-state index in [1.807, 2.05) is 4.90 Å². The minimum atomic E-state index is -0.296. The highest BCUT2D eigenvalue weighted by atomic mass is 19.1. The second kappa shape index (κ2) is 6.48. The van der Waals surface area contributed by atoms with E-state index in [0.717, 1.165) is 64.2 Å². The maximum atomic E-state index is 13.4. The third-order valence-corrected chi connectivity index (χ3v) is 6.16. The highest BCUT2D eigenvalue weighted by Gasteiger charge is 2.58. The molecule has 1 aliphatic carbocycles. The lowest BCUT2D eigenvalue weighted by atomic mass is 9.91. The fourth-order valence-corrected chi connectivity index (χ4v) is 4.47. The first-order valence-electron chi connectivity index (χ1n) is 9.21. The number of benzene rings is 1. The zero-order chi connectivity index (χ0) is 17.4. The number of ether oxygens (including phenoxy) is 1. The van der Waals surface area contributed by atoms with Crippen molar-refractivity contribution in [2.75, 3.05) is 51.3 Å². The number of methoxy groups -OCH3 is 1. The van der Waals surface area contributed by atoms with Gasteiger partial charge in [0, 0.05) is 38.2 Å². The molecule has 25 heavy (non-hydrogen) atoms. The largest absolute Gasteiger partial charge is 0.494 e. The van der Waals surface area contributed by atoms with Crippen molar-refractivity contribution in [1.82, 2.24) is 10.2 Å². The molecule has 1 spiro atoms. The summed E-state index contributed by atoms with van der Waals surface area (Å²) in [5.41, 5.74) is 1.19. The van der Waals surface area contributed by atoms with Crippen LogP contribution in [-0.2, 0) is 4.79 Å². The van der Waals surface area contributed by atoms with E-state index >= 15 is 0 Å². The predicted octanol–water partition coefficient (Wildman–Crippen LogP) is 1.87. The van der Waals surface area contributed by atoms with Crippen molar-refractivity contribution in [3.8, 4) is 5.75 Å². The van der Waals surface area contributed by atoms with E-state index in [9.17, 15) is 9.18 Å². The Morgan fingerprint density at radius 1 is 1.24 bits per heavy atom. The number of halogens is 1. The molecule has 2 aliphatic heterocycles. The number of carbonyl (C=O) groups is 1. The molecular formula is C19H26FN3O2. The van der Waals surface area contributed by atoms with E-state index in [2.05, 4.69) is 10.2 Å². The highest BCUT2D eigenvalue weighted by molar-refractivity contribution is 5.83. The van der Waals surface area contributed by atoms with Crippen molar-refractivity contribution in [3.05, 3.63) is 24.0 Å². The summed E-state index contributed by atoms with van der Waals surface area (Å²) >= 11 is 0. The molecule has 0 radical (unpaired) electrons. The maximum Gasteiger partial charge on any atom is 0.226 e. The van der Waals surface area contributed by atoms with Crippen LogP contribution in [0.15, 0.2) is 18.2 Å². The van der Waals surface area contributed by atoms with Gasteiger partial charge in [-0.05, 0) is 49.9 Å². The summed E-state index contributed by atoms with van der Waals surface area (Å²) in [6.07, 6.45) is 3.34. The molecule has 4 rings (SSSR count). The minimum absolute atomic E-state index is 0.238. The molecule has 136 valence electrons. The van der Waals surface area contributed by atoms with Gasteiger partial charge in [-0.3, -0.25) is 4.79 Å². The van der Waals surface area contributed by atoms with E-state index in [1.54, 1.807) is 13.2 Å². The molecule has 1 N–H and O–H groups in total. The normalized spacial score (nSPS) is 25.1. The van der Waals surface area contributed by atoms with Crippen molar-refractivity contribution < 1.29 is 13.9 Å². The lowest BCUT2D eigenvalue weighted by Gasteiger charge is -2.37. The summed E-state index contributed by atoms with van der Waals surface area (Å²) in [6, 6.07) is 4.63. The molecule has 3 fully saturated rings. The van der Waals surface area contributed by atoms with Crippen LogP contribution < -0.4 is 15.0 Å². The number of hydrogen-bond acceptors (Lipinski definition) is 4. The standard InChI is InChI=1S/C19H26FN3O2/c1-25-17-12-14(20)2-3-16(17)22-8-10-23(11-9-22)18(24)15-13-19(15)4-6-21-7-5-19/h2-3,12,15,21H,4-11,13H2,1H3/t15-/m1/s1. The van der Waals surface area contributed by atoms with Crippen LogP contribution in [0.4, 0.5) is 10.1 Å². The van der Waals surface area contributed by atoms with Crippen LogP contribution in [0.2, 0.25) is 0 Å². The molecule has 1 amide bonds. The minimum Gasteiger partial charge on any atom is -0.494 e. The Balaban J connectivity index is 1.37. The van der Waals surface area contributed by atoms with Crippen LogP contribution in [0.25, 0.3) is 0 Å². The molecule has 2 heterocycles. The second-order valence-electron chi connectivity index (χ2n) is 7.50. The fraction of sp³-hybridized carbons (Fsp3) is 0.632. The number of anilines is 1. The van der Waals surface area contributed by atoms with E-state index in [-0.39, 0.29) is 11.7 Å². The fourth-order valence-electron chi connectivity index (χ4n) is 4.47. The predicted molar refractivity (Wildman–Crippen MR) is 94.4 cm³/mol. The van der Waals surface area contributed by atoms with Gasteiger partial charge in [-0.2, -0.15) is 0 Å². The van der Waals surface area contributed by atoms with E-state index in [1.165, 1.54) is 12.1 Å². The number of nitrogens with zero attached hydrogens (tertiary/aromatic N) is 2. The number of nitrogens with one attached hydrogen (secondary N) is 1. The van der Waals surface area contributed by atoms with E-state index in [4.69, 9.17) is 4.74 Å². The quantitative estimate of drug-likeness (QED) is 0.907. The summed E-state index contributed by atoms with van der Waals surface area (Å²) in [5.74, 6) is 0.833. The van der Waals surface area contributed by atoms with Gasteiger partial charge in [-0.1, -0.05) is 0 Å². The van der Waals surface area contributed by atoms with Crippen molar-refractivity contribution in [1.29, 1.82) is 0 Å². The van der Waals surface area contributed by atoms with Gasteiger partial charge in [-0.25, -0.2) is 4.39 Å². The number of carbonyl (C=O) groups excluding carboxylic acids is 1. The molecule has 6 heteroatoms. The lowest BCUT2D eigenvalue weighted by molar-refractivity contribution is -0.133. The Hall–Kier alpha value is -1.82. The van der Waals surface area contributed by atoms with Crippen LogP contribution in [-0.4, -0.2) is 57.2 Å². The molecule has 1 atom stereocenters. The SMILES string of the molecule is COc1cc(F)ccc1N1CCN(C(=O)[C@H]2CC23CCNCC3)CC1. The van der Waals surface area contributed by atoms with Gasteiger partial charge in [0.2, 0.25) is 5.91 Å². The second-order valence-corrected chi connectivity index (χ2v) is 7.50. The summed E-state index contributed by atoms with van der Waals surface area (Å²) in [5, 5.41) is 3.39. The summed E-state index contributed by atoms with van der Waals surface area (Å²) in [4.78, 5) is 17.1. The highest BCUT2D eigenvalue weighted by Crippen LogP contribution is 2.59. The van der Waals surface area contributed by atoms with E-state index < -0.39 is 0 Å². The molecular weight excluding hydrogens is 321 g/mol. The summed E-state index contributed by atoms with van der Waals surface area (Å²) in [7, 11) is 1.56. The van der Waals surface area contributed by atoms with Crippen LogP contribution in [0.1, 0.15) is 19.3 Å². The molecule has 1 aromatic carbocycles. The van der Waals surface area contributed by atoms with Gasteiger partial charge in [0.25, 0.3) is 0 Å². The van der Waals surface area contributed by atoms with Gasteiger partial charge in [0.1, 0.15) is 11.6 Å². The van der Waals surface area contributed by atoms with Crippen LogP contribution in [0.3, 0.4) is 0 Å². The van der Waals surface area contributed by atoms with Gasteiger partial charge in [-0.15, -0.1) is 0 Å². The molecule has 1 saturated carbocycles. The molecule has 0 aromatic heterocycles. The van der Waals surface area contributed by atoms with Crippen molar-refractivity contribution in [2.45, 2.75) is 19.3 Å². The van der Waals surface area contributed by atoms with Gasteiger partial charge in [0.15, 0.2) is 0 Å². The lowest BCUT2D eigenvalue weighted by Crippen LogP contribution is -2.50. The van der Waals surface area contributed by atoms with E-state index in [0.29, 0.717) is 17.1 Å². The number of rotatable bonds is 3. The molecule has 5 nitrogen and oxygen atoms in total. The average Bonchev–Trinajstić information content (AvgIpc) is 3.34. The zero-order valence-corrected chi connectivity index (χ0v) is 14.8. The van der Waals surface area contributed by atoms with Crippen molar-refractivity contribution in [3.63, 3.8) is 0 Å². The Labute approximate surface area is 148 Å². The summed E-state index contributed by atoms with van der Waals surface area (Å²) < 4.78 is 18.7. The first kappa shape index (κ1) is 16.6. The van der Waals surface area contributed by atoms with Crippen LogP contribution in [0.5, 0.6) is 5.75 Å². The van der Waals surface area contributed by atoms with Crippen LogP contribution >= 0.6 is 0 Å². The number of piperazine rings is 1. The first-order valence-corrected chi connectivity index (χ1v) is 9.21. The maximum absolute atomic E-state index is 13.4. The smallest absolute Gasteiger partial charge is 0.226 e. The first-order chi connectivity index (χ1) is 12.1. The van der Waals surface area contributed by atoms with Crippen molar-refractivity contribution >= 4 is 11.6 Å². The number of hydrogen-bond donors (Lipinski definition) is 1. The number of amides is 1. The monoisotopic (exact) mass is 347 g/mol. The Morgan fingerprint density at radius 3 is 2.64 bits per heavy atom. The van der Waals surface area contributed by atoms with Gasteiger partial charge in [0.05, 0.1) is 12.8 Å². The van der Waals surface area contributed by atoms with Gasteiger partial charge < -0.3 is 19.9 Å². The molecule has 3 aliphatic rings. The average molecular weight is 347 g/mol. The molecule has 0 unspecified atom stereocenters. The third-order valence-electron chi connectivity index (χ3n) is 6.16. The van der Waals surface area contributed by atoms with Crippen molar-refractivity contribution in [2.24, 2.45) is 11.3 Å². The third kappa shape index (κ3) is 3.08. The molecule has 1 aromatic rings. The topological polar surface area (TPSA) is 44.8 Å². The Bertz CT molecular complexity index is 652. The summed E-state index contributed by atoms with van der Waals surface area (Å²) in [6.45, 7) is 5.06. The van der Waals surface area contributed by atoms with Crippen LogP contribution in [0, 0.1) is 17.2 Å². The zero-order valence-electron chi connectivity index (χ0n) is 14.8. The molecule has 2 saturated heterocycles. The molecule has 0 bridgehead atoms. The van der Waals surface area contributed by atoms with Gasteiger partial charge >= 0.3 is 0 Å². The Kier molecular flexibility index (Phi) is 4.31.